The Morgan fingerprint density at radius 1 is 1.56 bits per heavy atom. The Labute approximate surface area is 101 Å². The number of alkyl halides is 1. The highest BCUT2D eigenvalue weighted by Crippen LogP contribution is 2.24. The molecule has 0 bridgehead atoms. The standard InChI is InChI=1S/C10H8ClNO3S/c11-6(9(13)14)5-16-10-12-7-3-1-2-4-8(7)15-10/h1-4,6H,5H2,(H,13,14)/t6-/m0/s1. The summed E-state index contributed by atoms with van der Waals surface area (Å²) >= 11 is 6.77. The monoisotopic (exact) mass is 257 g/mol. The van der Waals surface area contributed by atoms with Crippen LogP contribution in [0.4, 0.5) is 0 Å². The Balaban J connectivity index is 2.07. The molecule has 0 aliphatic heterocycles. The average molecular weight is 258 g/mol. The van der Waals surface area contributed by atoms with Crippen molar-refractivity contribution in [3.05, 3.63) is 24.3 Å². The smallest absolute Gasteiger partial charge is 0.322 e. The maximum Gasteiger partial charge on any atom is 0.322 e. The zero-order chi connectivity index (χ0) is 11.5. The third-order valence-electron chi connectivity index (χ3n) is 1.90. The number of hydrogen-bond donors (Lipinski definition) is 1. The summed E-state index contributed by atoms with van der Waals surface area (Å²) in [6.07, 6.45) is 0. The lowest BCUT2D eigenvalue weighted by Crippen LogP contribution is -2.15. The first-order valence-electron chi connectivity index (χ1n) is 4.52. The van der Waals surface area contributed by atoms with E-state index < -0.39 is 11.3 Å². The van der Waals surface area contributed by atoms with E-state index in [1.807, 2.05) is 24.3 Å². The summed E-state index contributed by atoms with van der Waals surface area (Å²) in [5, 5.41) is 8.11. The third kappa shape index (κ3) is 2.48. The van der Waals surface area contributed by atoms with E-state index >= 15 is 0 Å². The summed E-state index contributed by atoms with van der Waals surface area (Å²) in [6.45, 7) is 0. The fraction of sp³-hybridized carbons (Fsp3) is 0.200. The Morgan fingerprint density at radius 2 is 2.31 bits per heavy atom. The van der Waals surface area contributed by atoms with Crippen molar-refractivity contribution in [2.75, 3.05) is 5.75 Å². The molecular formula is C10H8ClNO3S. The van der Waals surface area contributed by atoms with E-state index in [4.69, 9.17) is 21.1 Å². The Bertz CT molecular complexity index is 480. The number of hydrogen-bond acceptors (Lipinski definition) is 4. The highest BCUT2D eigenvalue weighted by molar-refractivity contribution is 7.99. The number of fused-ring (bicyclic) bond motifs is 1. The third-order valence-corrected chi connectivity index (χ3v) is 3.34. The first kappa shape index (κ1) is 11.3. The summed E-state index contributed by atoms with van der Waals surface area (Å²) in [6, 6.07) is 7.35. The zero-order valence-corrected chi connectivity index (χ0v) is 9.66. The number of carboxylic acid groups (broad SMARTS) is 1. The lowest BCUT2D eigenvalue weighted by molar-refractivity contribution is -0.136. The van der Waals surface area contributed by atoms with Crippen molar-refractivity contribution >= 4 is 40.4 Å². The van der Waals surface area contributed by atoms with Crippen LogP contribution in [-0.2, 0) is 4.79 Å². The maximum atomic E-state index is 10.5. The van der Waals surface area contributed by atoms with Gasteiger partial charge in [-0.05, 0) is 12.1 Å². The fourth-order valence-corrected chi connectivity index (χ4v) is 2.06. The average Bonchev–Trinajstić information content (AvgIpc) is 2.68. The van der Waals surface area contributed by atoms with Crippen molar-refractivity contribution in [3.63, 3.8) is 0 Å². The molecule has 0 spiro atoms. The van der Waals surface area contributed by atoms with Gasteiger partial charge in [-0.25, -0.2) is 4.98 Å². The predicted octanol–water partition coefficient (Wildman–Crippen LogP) is 2.61. The number of rotatable bonds is 4. The van der Waals surface area contributed by atoms with Crippen molar-refractivity contribution < 1.29 is 14.3 Å². The van der Waals surface area contributed by atoms with Crippen molar-refractivity contribution in [2.45, 2.75) is 10.6 Å². The summed E-state index contributed by atoms with van der Waals surface area (Å²) in [7, 11) is 0. The van der Waals surface area contributed by atoms with E-state index in [0.29, 0.717) is 10.8 Å². The molecule has 6 heteroatoms. The SMILES string of the molecule is O=C(O)[C@@H](Cl)CSc1nc2ccccc2o1. The van der Waals surface area contributed by atoms with Gasteiger partial charge < -0.3 is 9.52 Å². The van der Waals surface area contributed by atoms with Gasteiger partial charge in [0.05, 0.1) is 0 Å². The minimum absolute atomic E-state index is 0.226. The minimum Gasteiger partial charge on any atom is -0.480 e. The predicted molar refractivity (Wildman–Crippen MR) is 62.0 cm³/mol. The molecule has 0 fully saturated rings. The molecule has 0 saturated carbocycles. The van der Waals surface area contributed by atoms with Gasteiger partial charge >= 0.3 is 5.97 Å². The fourth-order valence-electron chi connectivity index (χ4n) is 1.13. The van der Waals surface area contributed by atoms with Crippen LogP contribution < -0.4 is 0 Å². The number of aliphatic carboxylic acids is 1. The van der Waals surface area contributed by atoms with Crippen LogP contribution in [0.25, 0.3) is 11.1 Å². The van der Waals surface area contributed by atoms with Crippen LogP contribution in [0.1, 0.15) is 0 Å². The first-order chi connectivity index (χ1) is 7.66. The van der Waals surface area contributed by atoms with Crippen molar-refractivity contribution in [1.29, 1.82) is 0 Å². The van der Waals surface area contributed by atoms with E-state index in [-0.39, 0.29) is 5.75 Å². The van der Waals surface area contributed by atoms with Crippen LogP contribution in [0.5, 0.6) is 0 Å². The summed E-state index contributed by atoms with van der Waals surface area (Å²) in [5.74, 6) is -0.811. The van der Waals surface area contributed by atoms with E-state index in [9.17, 15) is 4.79 Å². The topological polar surface area (TPSA) is 63.3 Å². The number of nitrogens with zero attached hydrogens (tertiary/aromatic N) is 1. The molecule has 0 aliphatic rings. The maximum absolute atomic E-state index is 10.5. The first-order valence-corrected chi connectivity index (χ1v) is 5.94. The van der Waals surface area contributed by atoms with Gasteiger partial charge in [-0.2, -0.15) is 0 Å². The summed E-state index contributed by atoms with van der Waals surface area (Å²) in [5.41, 5.74) is 1.44. The van der Waals surface area contributed by atoms with E-state index in [1.54, 1.807) is 0 Å². The van der Waals surface area contributed by atoms with Gasteiger partial charge in [0.25, 0.3) is 5.22 Å². The second kappa shape index (κ2) is 4.76. The van der Waals surface area contributed by atoms with Crippen LogP contribution in [0.3, 0.4) is 0 Å². The van der Waals surface area contributed by atoms with Gasteiger partial charge in [0.15, 0.2) is 5.58 Å². The van der Waals surface area contributed by atoms with Crippen molar-refractivity contribution in [1.82, 2.24) is 4.98 Å². The molecule has 1 atom stereocenters. The Kier molecular flexibility index (Phi) is 3.36. The molecule has 0 radical (unpaired) electrons. The second-order valence-electron chi connectivity index (χ2n) is 3.06. The van der Waals surface area contributed by atoms with Crippen molar-refractivity contribution in [3.8, 4) is 0 Å². The molecule has 0 aliphatic carbocycles. The number of carboxylic acids is 1. The second-order valence-corrected chi connectivity index (χ2v) is 4.56. The lowest BCUT2D eigenvalue weighted by Gasteiger charge is -1.99. The van der Waals surface area contributed by atoms with Gasteiger partial charge in [0.1, 0.15) is 10.9 Å². The van der Waals surface area contributed by atoms with Gasteiger partial charge in [-0.15, -0.1) is 11.6 Å². The Hall–Kier alpha value is -1.20. The number of para-hydroxylation sites is 2. The molecule has 1 aromatic carbocycles. The van der Waals surface area contributed by atoms with Crippen LogP contribution in [-0.4, -0.2) is 27.2 Å². The van der Waals surface area contributed by atoms with Crippen LogP contribution in [0.15, 0.2) is 33.9 Å². The molecule has 4 nitrogen and oxygen atoms in total. The zero-order valence-electron chi connectivity index (χ0n) is 8.09. The van der Waals surface area contributed by atoms with E-state index in [1.165, 1.54) is 11.8 Å². The van der Waals surface area contributed by atoms with E-state index in [2.05, 4.69) is 4.98 Å². The summed E-state index contributed by atoms with van der Waals surface area (Å²) in [4.78, 5) is 14.7. The van der Waals surface area contributed by atoms with Gasteiger partial charge in [-0.1, -0.05) is 23.9 Å². The Morgan fingerprint density at radius 3 is 3.00 bits per heavy atom. The highest BCUT2D eigenvalue weighted by Gasteiger charge is 2.15. The van der Waals surface area contributed by atoms with Gasteiger partial charge in [-0.3, -0.25) is 4.79 Å². The molecular weight excluding hydrogens is 250 g/mol. The van der Waals surface area contributed by atoms with Crippen LogP contribution in [0.2, 0.25) is 0 Å². The molecule has 0 unspecified atom stereocenters. The van der Waals surface area contributed by atoms with Crippen LogP contribution in [0, 0.1) is 0 Å². The largest absolute Gasteiger partial charge is 0.480 e. The highest BCUT2D eigenvalue weighted by atomic mass is 35.5. The number of benzene rings is 1. The molecule has 2 rings (SSSR count). The van der Waals surface area contributed by atoms with Gasteiger partial charge in [0.2, 0.25) is 0 Å². The molecule has 1 heterocycles. The number of aromatic nitrogens is 1. The normalized spacial score (nSPS) is 12.8. The molecule has 0 saturated heterocycles. The lowest BCUT2D eigenvalue weighted by atomic mass is 10.3. The van der Waals surface area contributed by atoms with Gasteiger partial charge in [0, 0.05) is 5.75 Å². The number of carbonyl (C=O) groups is 1. The van der Waals surface area contributed by atoms with Crippen LogP contribution >= 0.6 is 23.4 Å². The molecule has 1 aromatic heterocycles. The van der Waals surface area contributed by atoms with Crippen molar-refractivity contribution in [2.24, 2.45) is 0 Å². The molecule has 16 heavy (non-hydrogen) atoms. The molecule has 0 amide bonds. The molecule has 1 N–H and O–H groups in total. The quantitative estimate of drug-likeness (QED) is 0.674. The molecule has 84 valence electrons. The minimum atomic E-state index is -1.04. The number of oxazole rings is 1. The molecule has 2 aromatic rings. The number of thioether (sulfide) groups is 1. The summed E-state index contributed by atoms with van der Waals surface area (Å²) < 4.78 is 5.40. The number of halogens is 1. The van der Waals surface area contributed by atoms with E-state index in [0.717, 1.165) is 5.52 Å².